The van der Waals surface area contributed by atoms with E-state index in [0.29, 0.717) is 0 Å². The highest BCUT2D eigenvalue weighted by Crippen LogP contribution is 2.74. The minimum absolute atomic E-state index is 0.899. The lowest BCUT2D eigenvalue weighted by Crippen LogP contribution is -2.14. The fraction of sp³-hybridized carbons (Fsp3) is 1.00. The van der Waals surface area contributed by atoms with Gasteiger partial charge < -0.3 is 0 Å². The molecule has 2 aliphatic rings. The molecule has 58 valence electrons. The van der Waals surface area contributed by atoms with E-state index in [4.69, 9.17) is 0 Å². The minimum atomic E-state index is 0.899. The summed E-state index contributed by atoms with van der Waals surface area (Å²) in [6, 6.07) is 0. The van der Waals surface area contributed by atoms with E-state index in [-0.39, 0.29) is 0 Å². The van der Waals surface area contributed by atoms with Gasteiger partial charge in [0.05, 0.1) is 0 Å². The number of fused-ring (bicyclic) bond motifs is 1. The molecule has 0 saturated heterocycles. The summed E-state index contributed by atoms with van der Waals surface area (Å²) >= 11 is 0. The van der Waals surface area contributed by atoms with Gasteiger partial charge in [0.2, 0.25) is 0 Å². The van der Waals surface area contributed by atoms with Gasteiger partial charge in [-0.2, -0.15) is 0 Å². The molecule has 0 spiro atoms. The lowest BCUT2D eigenvalue weighted by Gasteiger charge is -2.24. The van der Waals surface area contributed by atoms with Crippen LogP contribution in [-0.2, 0) is 0 Å². The summed E-state index contributed by atoms with van der Waals surface area (Å²) in [6.45, 7) is 4.75. The van der Waals surface area contributed by atoms with E-state index in [1.165, 1.54) is 25.2 Å². The first-order chi connectivity index (χ1) is 4.81. The quantitative estimate of drug-likeness (QED) is 0.561. The van der Waals surface area contributed by atoms with Gasteiger partial charge in [-0.25, -0.2) is 0 Å². The molecule has 0 aromatic carbocycles. The monoisotopic (exact) mass is 138 g/mol. The van der Waals surface area contributed by atoms with E-state index in [9.17, 15) is 0 Å². The topological polar surface area (TPSA) is 0 Å². The molecule has 0 N–H and O–H groups in total. The van der Waals surface area contributed by atoms with E-state index >= 15 is 0 Å². The summed E-state index contributed by atoms with van der Waals surface area (Å²) in [7, 11) is 0. The third-order valence-electron chi connectivity index (χ3n) is 4.06. The molecular formula is C10H18. The molecule has 10 heavy (non-hydrogen) atoms. The zero-order chi connectivity index (χ0) is 7.19. The van der Waals surface area contributed by atoms with Gasteiger partial charge in [0.1, 0.15) is 0 Å². The first-order valence-electron chi connectivity index (χ1n) is 4.81. The van der Waals surface area contributed by atoms with Crippen LogP contribution in [0.4, 0.5) is 0 Å². The Labute approximate surface area is 64.0 Å². The van der Waals surface area contributed by atoms with Crippen molar-refractivity contribution in [3.8, 4) is 0 Å². The number of rotatable bonds is 3. The molecule has 0 radical (unpaired) electrons. The van der Waals surface area contributed by atoms with Crippen molar-refractivity contribution in [2.24, 2.45) is 17.3 Å². The van der Waals surface area contributed by atoms with Crippen LogP contribution >= 0.6 is 0 Å². The van der Waals surface area contributed by atoms with Crippen molar-refractivity contribution in [2.75, 3.05) is 0 Å². The van der Waals surface area contributed by atoms with Crippen LogP contribution in [0.1, 0.15) is 46.0 Å². The van der Waals surface area contributed by atoms with Crippen LogP contribution in [0, 0.1) is 17.3 Å². The van der Waals surface area contributed by atoms with Gasteiger partial charge in [-0.15, -0.1) is 0 Å². The van der Waals surface area contributed by atoms with Crippen LogP contribution in [0.15, 0.2) is 0 Å². The molecule has 3 unspecified atom stereocenters. The van der Waals surface area contributed by atoms with Gasteiger partial charge in [-0.1, -0.05) is 26.7 Å². The first kappa shape index (κ1) is 6.69. The highest BCUT2D eigenvalue weighted by molar-refractivity contribution is 5.15. The third kappa shape index (κ3) is 0.627. The Bertz CT molecular complexity index is 133. The van der Waals surface area contributed by atoms with Crippen LogP contribution in [0.3, 0.4) is 0 Å². The zero-order valence-electron chi connectivity index (χ0n) is 7.19. The average molecular weight is 138 g/mol. The Morgan fingerprint density at radius 3 is 2.60 bits per heavy atom. The van der Waals surface area contributed by atoms with E-state index in [2.05, 4.69) is 13.8 Å². The Morgan fingerprint density at radius 1 is 1.50 bits per heavy atom. The number of hydrogen-bond acceptors (Lipinski definition) is 0. The Balaban J connectivity index is 1.83. The van der Waals surface area contributed by atoms with E-state index < -0.39 is 0 Å². The lowest BCUT2D eigenvalue weighted by molar-refractivity contribution is 0.261. The molecule has 0 aromatic heterocycles. The van der Waals surface area contributed by atoms with Crippen LogP contribution in [0.2, 0.25) is 0 Å². The van der Waals surface area contributed by atoms with E-state index in [1.807, 2.05) is 0 Å². The maximum absolute atomic E-state index is 2.45. The van der Waals surface area contributed by atoms with Crippen molar-refractivity contribution >= 4 is 0 Å². The number of unbranched alkanes of at least 4 members (excludes halogenated alkanes) is 1. The van der Waals surface area contributed by atoms with Gasteiger partial charge in [0.15, 0.2) is 0 Å². The highest BCUT2D eigenvalue weighted by atomic mass is 14.7. The average Bonchev–Trinajstić information content (AvgIpc) is 2.24. The summed E-state index contributed by atoms with van der Waals surface area (Å²) < 4.78 is 0. The van der Waals surface area contributed by atoms with Gasteiger partial charge in [0, 0.05) is 0 Å². The van der Waals surface area contributed by atoms with Crippen LogP contribution in [0.25, 0.3) is 0 Å². The van der Waals surface area contributed by atoms with Gasteiger partial charge >= 0.3 is 0 Å². The van der Waals surface area contributed by atoms with Gasteiger partial charge in [-0.05, 0) is 36.5 Å². The molecule has 2 saturated carbocycles. The number of hydrogen-bond donors (Lipinski definition) is 0. The van der Waals surface area contributed by atoms with Crippen LogP contribution in [-0.4, -0.2) is 0 Å². The second-order valence-corrected chi connectivity index (χ2v) is 4.27. The maximum atomic E-state index is 2.45. The van der Waals surface area contributed by atoms with Crippen LogP contribution in [0.5, 0.6) is 0 Å². The predicted octanol–water partition coefficient (Wildman–Crippen LogP) is 3.22. The summed E-state index contributed by atoms with van der Waals surface area (Å²) in [6.07, 6.45) is 7.50. The predicted molar refractivity (Wildman–Crippen MR) is 43.8 cm³/mol. The largest absolute Gasteiger partial charge is 0.0654 e. The smallest absolute Gasteiger partial charge is 0.0238 e. The summed E-state index contributed by atoms with van der Waals surface area (Å²) in [5, 5.41) is 0. The molecule has 0 nitrogen and oxygen atoms in total. The molecular weight excluding hydrogens is 120 g/mol. The zero-order valence-corrected chi connectivity index (χ0v) is 7.19. The molecule has 0 aromatic rings. The van der Waals surface area contributed by atoms with Crippen molar-refractivity contribution in [1.82, 2.24) is 0 Å². The Hall–Kier alpha value is 0. The normalized spacial score (nSPS) is 49.8. The van der Waals surface area contributed by atoms with Crippen LogP contribution < -0.4 is 0 Å². The van der Waals surface area contributed by atoms with Crippen molar-refractivity contribution < 1.29 is 0 Å². The fourth-order valence-electron chi connectivity index (χ4n) is 3.01. The standard InChI is InChI=1S/C10H18/c1-3-4-6-10-7-5-9(10)8(10)2/h8-9H,3-7H2,1-2H3. The molecule has 2 aliphatic carbocycles. The first-order valence-corrected chi connectivity index (χ1v) is 4.81. The van der Waals surface area contributed by atoms with Crippen molar-refractivity contribution in [1.29, 1.82) is 0 Å². The molecule has 0 heterocycles. The van der Waals surface area contributed by atoms with Crippen molar-refractivity contribution in [3.63, 3.8) is 0 Å². The Morgan fingerprint density at radius 2 is 2.30 bits per heavy atom. The summed E-state index contributed by atoms with van der Waals surface area (Å²) in [5.74, 6) is 2.26. The van der Waals surface area contributed by atoms with E-state index in [1.54, 1.807) is 12.8 Å². The van der Waals surface area contributed by atoms with Gasteiger partial charge in [0.25, 0.3) is 0 Å². The molecule has 0 heteroatoms. The molecule has 3 atom stereocenters. The van der Waals surface area contributed by atoms with Crippen molar-refractivity contribution in [3.05, 3.63) is 0 Å². The summed E-state index contributed by atoms with van der Waals surface area (Å²) in [5.41, 5.74) is 0.899. The second kappa shape index (κ2) is 1.99. The van der Waals surface area contributed by atoms with E-state index in [0.717, 1.165) is 11.3 Å². The third-order valence-corrected chi connectivity index (χ3v) is 4.06. The fourth-order valence-corrected chi connectivity index (χ4v) is 3.01. The van der Waals surface area contributed by atoms with Gasteiger partial charge in [-0.3, -0.25) is 0 Å². The SMILES string of the molecule is CCCCC12CCC1C2C. The minimum Gasteiger partial charge on any atom is -0.0654 e. The molecule has 0 amide bonds. The summed E-state index contributed by atoms with van der Waals surface area (Å²) in [4.78, 5) is 0. The lowest BCUT2D eigenvalue weighted by atomic mass is 9.80. The molecule has 0 aliphatic heterocycles. The molecule has 2 rings (SSSR count). The Kier molecular flexibility index (Phi) is 1.33. The van der Waals surface area contributed by atoms with Crippen molar-refractivity contribution in [2.45, 2.75) is 46.0 Å². The molecule has 2 fully saturated rings. The highest BCUT2D eigenvalue weighted by Gasteiger charge is 2.66. The maximum Gasteiger partial charge on any atom is -0.0238 e. The molecule has 0 bridgehead atoms. The second-order valence-electron chi connectivity index (χ2n) is 4.27.